The maximum atomic E-state index is 5.08. The van der Waals surface area contributed by atoms with Gasteiger partial charge >= 0.3 is 0 Å². The van der Waals surface area contributed by atoms with E-state index in [1.54, 1.807) is 11.8 Å². The molecule has 5 nitrogen and oxygen atoms in total. The van der Waals surface area contributed by atoms with Crippen molar-refractivity contribution in [3.63, 3.8) is 0 Å². The Morgan fingerprint density at radius 1 is 1.31 bits per heavy atom. The highest BCUT2D eigenvalue weighted by Crippen LogP contribution is 2.15. The van der Waals surface area contributed by atoms with Gasteiger partial charge in [0.1, 0.15) is 11.4 Å². The predicted octanol–water partition coefficient (Wildman–Crippen LogP) is 1.44. The van der Waals surface area contributed by atoms with Crippen molar-refractivity contribution in [3.05, 3.63) is 36.2 Å². The fourth-order valence-corrected chi connectivity index (χ4v) is 1.38. The highest BCUT2D eigenvalue weighted by Gasteiger charge is 1.98. The summed E-state index contributed by atoms with van der Waals surface area (Å²) in [5, 5.41) is 11.1. The number of methoxy groups -OCH3 is 1. The van der Waals surface area contributed by atoms with Gasteiger partial charge in [-0.15, -0.1) is 5.10 Å². The Morgan fingerprint density at radius 3 is 2.62 bits per heavy atom. The van der Waals surface area contributed by atoms with E-state index in [-0.39, 0.29) is 0 Å². The van der Waals surface area contributed by atoms with Gasteiger partial charge in [-0.2, -0.15) is 0 Å². The Morgan fingerprint density at radius 2 is 2.06 bits per heavy atom. The van der Waals surface area contributed by atoms with Crippen LogP contribution in [0.4, 0.5) is 5.69 Å². The largest absolute Gasteiger partial charge is 0.497 e. The van der Waals surface area contributed by atoms with Gasteiger partial charge in [0.25, 0.3) is 0 Å². The standard InChI is InChI=1S/C11H14N4O/c1-15-8-10(13-14-15)7-12-9-3-5-11(16-2)6-4-9/h3-6,8,12H,7H2,1-2H3. The van der Waals surface area contributed by atoms with Gasteiger partial charge in [0, 0.05) is 18.9 Å². The number of aryl methyl sites for hydroxylation is 1. The molecule has 2 rings (SSSR count). The molecular formula is C11H14N4O. The van der Waals surface area contributed by atoms with E-state index in [9.17, 15) is 0 Å². The van der Waals surface area contributed by atoms with E-state index >= 15 is 0 Å². The minimum atomic E-state index is 0.667. The van der Waals surface area contributed by atoms with Gasteiger partial charge in [-0.25, -0.2) is 0 Å². The molecule has 0 unspecified atom stereocenters. The smallest absolute Gasteiger partial charge is 0.119 e. The lowest BCUT2D eigenvalue weighted by Crippen LogP contribution is -1.99. The number of hydrogen-bond donors (Lipinski definition) is 1. The Balaban J connectivity index is 1.94. The van der Waals surface area contributed by atoms with Crippen molar-refractivity contribution in [2.75, 3.05) is 12.4 Å². The summed E-state index contributed by atoms with van der Waals surface area (Å²) in [7, 11) is 3.51. The van der Waals surface area contributed by atoms with Crippen molar-refractivity contribution in [2.45, 2.75) is 6.54 Å². The van der Waals surface area contributed by atoms with Gasteiger partial charge in [0.2, 0.25) is 0 Å². The van der Waals surface area contributed by atoms with Crippen molar-refractivity contribution >= 4 is 5.69 Å². The van der Waals surface area contributed by atoms with Crippen molar-refractivity contribution < 1.29 is 4.74 Å². The van der Waals surface area contributed by atoms with Crippen LogP contribution in [0.2, 0.25) is 0 Å². The first-order chi connectivity index (χ1) is 7.78. The maximum Gasteiger partial charge on any atom is 0.119 e. The van der Waals surface area contributed by atoms with Crippen molar-refractivity contribution in [2.24, 2.45) is 7.05 Å². The highest BCUT2D eigenvalue weighted by molar-refractivity contribution is 5.46. The van der Waals surface area contributed by atoms with Crippen LogP contribution in [0, 0.1) is 0 Å². The molecule has 1 aromatic carbocycles. The number of anilines is 1. The molecule has 0 aliphatic heterocycles. The first-order valence-corrected chi connectivity index (χ1v) is 5.01. The summed E-state index contributed by atoms with van der Waals surface area (Å²) in [6.07, 6.45) is 1.89. The van der Waals surface area contributed by atoms with Gasteiger partial charge in [0.05, 0.1) is 13.7 Å². The topological polar surface area (TPSA) is 52.0 Å². The molecule has 0 saturated heterocycles. The maximum absolute atomic E-state index is 5.08. The summed E-state index contributed by atoms with van der Waals surface area (Å²) in [5.41, 5.74) is 1.95. The summed E-state index contributed by atoms with van der Waals surface area (Å²) in [6, 6.07) is 7.77. The monoisotopic (exact) mass is 218 g/mol. The van der Waals surface area contributed by atoms with Crippen LogP contribution in [0.3, 0.4) is 0 Å². The van der Waals surface area contributed by atoms with Crippen LogP contribution in [0.5, 0.6) is 5.75 Å². The molecule has 0 amide bonds. The van der Waals surface area contributed by atoms with Crippen molar-refractivity contribution in [3.8, 4) is 5.75 Å². The third-order valence-corrected chi connectivity index (χ3v) is 2.21. The van der Waals surface area contributed by atoms with Gasteiger partial charge in [-0.05, 0) is 24.3 Å². The van der Waals surface area contributed by atoms with Crippen LogP contribution in [0.1, 0.15) is 5.69 Å². The van der Waals surface area contributed by atoms with E-state index < -0.39 is 0 Å². The third-order valence-electron chi connectivity index (χ3n) is 2.21. The molecule has 0 saturated carbocycles. The van der Waals surface area contributed by atoms with E-state index in [4.69, 9.17) is 4.74 Å². The lowest BCUT2D eigenvalue weighted by atomic mass is 10.3. The third kappa shape index (κ3) is 2.50. The molecule has 84 valence electrons. The summed E-state index contributed by atoms with van der Waals surface area (Å²) in [5.74, 6) is 0.852. The minimum Gasteiger partial charge on any atom is -0.497 e. The summed E-state index contributed by atoms with van der Waals surface area (Å²) in [4.78, 5) is 0. The zero-order chi connectivity index (χ0) is 11.4. The predicted molar refractivity (Wildman–Crippen MR) is 61.3 cm³/mol. The quantitative estimate of drug-likeness (QED) is 0.843. The molecule has 0 bridgehead atoms. The van der Waals surface area contributed by atoms with Crippen molar-refractivity contribution in [1.29, 1.82) is 0 Å². The van der Waals surface area contributed by atoms with Crippen LogP contribution >= 0.6 is 0 Å². The van der Waals surface area contributed by atoms with Crippen LogP contribution < -0.4 is 10.1 Å². The normalized spacial score (nSPS) is 10.1. The van der Waals surface area contributed by atoms with E-state index in [1.807, 2.05) is 37.5 Å². The minimum absolute atomic E-state index is 0.667. The van der Waals surface area contributed by atoms with Crippen LogP contribution in [-0.4, -0.2) is 22.1 Å². The number of hydrogen-bond acceptors (Lipinski definition) is 4. The highest BCUT2D eigenvalue weighted by atomic mass is 16.5. The van der Waals surface area contributed by atoms with E-state index in [1.165, 1.54) is 0 Å². The van der Waals surface area contributed by atoms with E-state index in [0.717, 1.165) is 17.1 Å². The Labute approximate surface area is 94.0 Å². The van der Waals surface area contributed by atoms with Crippen LogP contribution in [0.25, 0.3) is 0 Å². The Kier molecular flexibility index (Phi) is 3.05. The number of rotatable bonds is 4. The van der Waals surface area contributed by atoms with Gasteiger partial charge in [0.15, 0.2) is 0 Å². The van der Waals surface area contributed by atoms with Crippen LogP contribution in [-0.2, 0) is 13.6 Å². The fourth-order valence-electron chi connectivity index (χ4n) is 1.38. The second-order valence-electron chi connectivity index (χ2n) is 3.47. The molecule has 1 N–H and O–H groups in total. The SMILES string of the molecule is COc1ccc(NCc2cn(C)nn2)cc1. The first kappa shape index (κ1) is 10.5. The van der Waals surface area contributed by atoms with Gasteiger partial charge in [-0.3, -0.25) is 4.68 Å². The molecule has 0 spiro atoms. The molecule has 5 heteroatoms. The lowest BCUT2D eigenvalue weighted by molar-refractivity contribution is 0.415. The van der Waals surface area contributed by atoms with Crippen LogP contribution in [0.15, 0.2) is 30.5 Å². The molecule has 0 radical (unpaired) electrons. The Bertz CT molecular complexity index is 449. The average molecular weight is 218 g/mol. The molecule has 0 atom stereocenters. The number of ether oxygens (including phenoxy) is 1. The fraction of sp³-hybridized carbons (Fsp3) is 0.273. The number of nitrogens with zero attached hydrogens (tertiary/aromatic N) is 3. The van der Waals surface area contributed by atoms with E-state index in [2.05, 4.69) is 15.6 Å². The van der Waals surface area contributed by atoms with E-state index in [0.29, 0.717) is 6.54 Å². The molecule has 0 aliphatic carbocycles. The Hall–Kier alpha value is -2.04. The molecule has 16 heavy (non-hydrogen) atoms. The molecule has 0 fully saturated rings. The summed E-state index contributed by atoms with van der Waals surface area (Å²) >= 11 is 0. The molecule has 1 heterocycles. The van der Waals surface area contributed by atoms with Gasteiger partial charge in [-0.1, -0.05) is 5.21 Å². The zero-order valence-electron chi connectivity index (χ0n) is 9.34. The number of aromatic nitrogens is 3. The average Bonchev–Trinajstić information content (AvgIpc) is 2.73. The molecule has 1 aromatic heterocycles. The number of nitrogens with one attached hydrogen (secondary N) is 1. The summed E-state index contributed by atoms with van der Waals surface area (Å²) in [6.45, 7) is 0.667. The van der Waals surface area contributed by atoms with Gasteiger partial charge < -0.3 is 10.1 Å². The number of benzene rings is 1. The zero-order valence-corrected chi connectivity index (χ0v) is 9.34. The molecule has 2 aromatic rings. The molecular weight excluding hydrogens is 204 g/mol. The molecule has 0 aliphatic rings. The first-order valence-electron chi connectivity index (χ1n) is 5.01. The second-order valence-corrected chi connectivity index (χ2v) is 3.47. The second kappa shape index (κ2) is 4.65. The lowest BCUT2D eigenvalue weighted by Gasteiger charge is -2.04. The summed E-state index contributed by atoms with van der Waals surface area (Å²) < 4.78 is 6.77. The van der Waals surface area contributed by atoms with Crippen molar-refractivity contribution in [1.82, 2.24) is 15.0 Å².